The molecule has 2 aromatic rings. The lowest BCUT2D eigenvalue weighted by molar-refractivity contribution is 0.123. The Balaban J connectivity index is 2.13. The fourth-order valence-corrected chi connectivity index (χ4v) is 2.54. The Morgan fingerprint density at radius 1 is 1.40 bits per heavy atom. The summed E-state index contributed by atoms with van der Waals surface area (Å²) in [5.74, 6) is 1.53. The van der Waals surface area contributed by atoms with Crippen LogP contribution in [0, 0.1) is 0 Å². The van der Waals surface area contributed by atoms with E-state index < -0.39 is 0 Å². The summed E-state index contributed by atoms with van der Waals surface area (Å²) in [6.07, 6.45) is 4.79. The van der Waals surface area contributed by atoms with Crippen molar-refractivity contribution in [2.75, 3.05) is 19.1 Å². The molecule has 0 saturated heterocycles. The highest BCUT2D eigenvalue weighted by molar-refractivity contribution is 9.10. The summed E-state index contributed by atoms with van der Waals surface area (Å²) in [5, 5.41) is 0. The van der Waals surface area contributed by atoms with E-state index in [0.29, 0.717) is 12.5 Å². The Morgan fingerprint density at radius 2 is 2.25 bits per heavy atom. The zero-order valence-electron chi connectivity index (χ0n) is 11.6. The molecule has 0 aliphatic rings. The molecule has 0 N–H and O–H groups in total. The van der Waals surface area contributed by atoms with E-state index >= 15 is 0 Å². The first-order valence-electron chi connectivity index (χ1n) is 6.90. The lowest BCUT2D eigenvalue weighted by Gasteiger charge is -2.08. The molecule has 0 fully saturated rings. The van der Waals surface area contributed by atoms with Crippen LogP contribution in [0.4, 0.5) is 0 Å². The number of hydrogen-bond acceptors (Lipinski definition) is 3. The molecule has 0 atom stereocenters. The molecule has 2 heterocycles. The standard InChI is InChI=1S/C14H19BrClN3O/c1-2-3-7-20-8-6-19-13(4-5-16)18-12-9-11(15)10-17-14(12)19/h9-10H,2-8H2,1H3. The topological polar surface area (TPSA) is 39.9 Å². The van der Waals surface area contributed by atoms with E-state index in [-0.39, 0.29) is 0 Å². The van der Waals surface area contributed by atoms with E-state index in [0.717, 1.165) is 53.9 Å². The smallest absolute Gasteiger partial charge is 0.160 e. The summed E-state index contributed by atoms with van der Waals surface area (Å²) < 4.78 is 8.68. The minimum absolute atomic E-state index is 0.557. The largest absolute Gasteiger partial charge is 0.380 e. The molecule has 2 rings (SSSR count). The number of rotatable bonds is 8. The molecule has 0 unspecified atom stereocenters. The quantitative estimate of drug-likeness (QED) is 0.531. The third-order valence-electron chi connectivity index (χ3n) is 3.05. The van der Waals surface area contributed by atoms with Crippen molar-refractivity contribution in [1.29, 1.82) is 0 Å². The Kier molecular flexibility index (Phi) is 6.26. The van der Waals surface area contributed by atoms with Crippen LogP contribution in [-0.4, -0.2) is 33.6 Å². The maximum absolute atomic E-state index is 5.86. The lowest BCUT2D eigenvalue weighted by atomic mass is 10.4. The summed E-state index contributed by atoms with van der Waals surface area (Å²) >= 11 is 9.28. The summed E-state index contributed by atoms with van der Waals surface area (Å²) in [6.45, 7) is 4.42. The van der Waals surface area contributed by atoms with Crippen molar-refractivity contribution >= 4 is 38.7 Å². The maximum atomic E-state index is 5.86. The van der Waals surface area contributed by atoms with Crippen LogP contribution in [0.5, 0.6) is 0 Å². The number of aryl methyl sites for hydroxylation is 1. The van der Waals surface area contributed by atoms with Crippen molar-refractivity contribution in [3.8, 4) is 0 Å². The van der Waals surface area contributed by atoms with Crippen molar-refractivity contribution in [2.45, 2.75) is 32.7 Å². The van der Waals surface area contributed by atoms with E-state index in [4.69, 9.17) is 16.3 Å². The molecule has 0 bridgehead atoms. The fraction of sp³-hybridized carbons (Fsp3) is 0.571. The average Bonchev–Trinajstić information content (AvgIpc) is 2.76. The van der Waals surface area contributed by atoms with E-state index in [2.05, 4.69) is 37.4 Å². The minimum Gasteiger partial charge on any atom is -0.380 e. The van der Waals surface area contributed by atoms with Gasteiger partial charge in [0, 0.05) is 36.1 Å². The number of halogens is 2. The normalized spacial score (nSPS) is 11.3. The van der Waals surface area contributed by atoms with Gasteiger partial charge in [-0.25, -0.2) is 9.97 Å². The van der Waals surface area contributed by atoms with Crippen LogP contribution in [0.2, 0.25) is 0 Å². The van der Waals surface area contributed by atoms with Gasteiger partial charge in [-0.15, -0.1) is 11.6 Å². The third-order valence-corrected chi connectivity index (χ3v) is 3.67. The predicted molar refractivity (Wildman–Crippen MR) is 85.4 cm³/mol. The Labute approximate surface area is 132 Å². The zero-order chi connectivity index (χ0) is 14.4. The molecule has 0 spiro atoms. The second kappa shape index (κ2) is 7.96. The Bertz CT molecular complexity index is 559. The minimum atomic E-state index is 0.557. The van der Waals surface area contributed by atoms with Crippen LogP contribution in [0.3, 0.4) is 0 Å². The van der Waals surface area contributed by atoms with Crippen LogP contribution >= 0.6 is 27.5 Å². The number of pyridine rings is 1. The van der Waals surface area contributed by atoms with Crippen LogP contribution in [0.25, 0.3) is 11.2 Å². The summed E-state index contributed by atoms with van der Waals surface area (Å²) in [7, 11) is 0. The van der Waals surface area contributed by atoms with Gasteiger partial charge in [0.15, 0.2) is 5.65 Å². The number of ether oxygens (including phenoxy) is 1. The molecular weight excluding hydrogens is 342 g/mol. The van der Waals surface area contributed by atoms with Gasteiger partial charge in [-0.05, 0) is 28.4 Å². The highest BCUT2D eigenvalue weighted by Gasteiger charge is 2.11. The average molecular weight is 361 g/mol. The molecule has 20 heavy (non-hydrogen) atoms. The summed E-state index contributed by atoms with van der Waals surface area (Å²) in [4.78, 5) is 9.06. The first-order chi connectivity index (χ1) is 9.76. The van der Waals surface area contributed by atoms with Gasteiger partial charge in [0.2, 0.25) is 0 Å². The predicted octanol–water partition coefficient (Wildman–Crippen LogP) is 3.79. The van der Waals surface area contributed by atoms with Gasteiger partial charge < -0.3 is 9.30 Å². The second-order valence-corrected chi connectivity index (χ2v) is 5.87. The molecule has 0 saturated carbocycles. The maximum Gasteiger partial charge on any atom is 0.160 e. The number of unbranched alkanes of at least 4 members (excludes halogenated alkanes) is 1. The highest BCUT2D eigenvalue weighted by atomic mass is 79.9. The van der Waals surface area contributed by atoms with E-state index in [1.807, 2.05) is 6.07 Å². The van der Waals surface area contributed by atoms with Crippen molar-refractivity contribution in [3.05, 3.63) is 22.6 Å². The van der Waals surface area contributed by atoms with Crippen LogP contribution in [0.15, 0.2) is 16.7 Å². The molecule has 6 heteroatoms. The SMILES string of the molecule is CCCCOCCn1c(CCCl)nc2cc(Br)cnc21. The van der Waals surface area contributed by atoms with Gasteiger partial charge >= 0.3 is 0 Å². The fourth-order valence-electron chi connectivity index (χ4n) is 2.05. The van der Waals surface area contributed by atoms with E-state index in [1.165, 1.54) is 0 Å². The van der Waals surface area contributed by atoms with E-state index in [9.17, 15) is 0 Å². The summed E-state index contributed by atoms with van der Waals surface area (Å²) in [6, 6.07) is 1.98. The second-order valence-electron chi connectivity index (χ2n) is 4.58. The number of nitrogens with zero attached hydrogens (tertiary/aromatic N) is 3. The van der Waals surface area contributed by atoms with Crippen LogP contribution in [0.1, 0.15) is 25.6 Å². The molecular formula is C14H19BrClN3O. The van der Waals surface area contributed by atoms with Gasteiger partial charge in [0.25, 0.3) is 0 Å². The number of fused-ring (bicyclic) bond motifs is 1. The number of hydrogen-bond donors (Lipinski definition) is 0. The monoisotopic (exact) mass is 359 g/mol. The zero-order valence-corrected chi connectivity index (χ0v) is 14.0. The van der Waals surface area contributed by atoms with Gasteiger partial charge in [0.05, 0.1) is 6.61 Å². The first-order valence-corrected chi connectivity index (χ1v) is 8.23. The summed E-state index contributed by atoms with van der Waals surface area (Å²) in [5.41, 5.74) is 1.79. The molecule has 110 valence electrons. The Hall–Kier alpha value is -0.650. The lowest BCUT2D eigenvalue weighted by Crippen LogP contribution is -2.11. The number of imidazole rings is 1. The van der Waals surface area contributed by atoms with Crippen molar-refractivity contribution in [2.24, 2.45) is 0 Å². The molecule has 0 aliphatic carbocycles. The van der Waals surface area contributed by atoms with Gasteiger partial charge in [-0.3, -0.25) is 0 Å². The van der Waals surface area contributed by atoms with E-state index in [1.54, 1.807) is 6.20 Å². The van der Waals surface area contributed by atoms with Crippen molar-refractivity contribution in [1.82, 2.24) is 14.5 Å². The van der Waals surface area contributed by atoms with Crippen molar-refractivity contribution < 1.29 is 4.74 Å². The number of alkyl halides is 1. The van der Waals surface area contributed by atoms with Gasteiger partial charge in [0.1, 0.15) is 11.3 Å². The molecule has 0 amide bonds. The molecule has 0 aliphatic heterocycles. The molecule has 2 aromatic heterocycles. The molecule has 4 nitrogen and oxygen atoms in total. The Morgan fingerprint density at radius 3 is 3.00 bits per heavy atom. The van der Waals surface area contributed by atoms with Crippen LogP contribution in [-0.2, 0) is 17.7 Å². The first kappa shape index (κ1) is 15.7. The molecule has 0 aromatic carbocycles. The van der Waals surface area contributed by atoms with Gasteiger partial charge in [-0.1, -0.05) is 13.3 Å². The van der Waals surface area contributed by atoms with Crippen LogP contribution < -0.4 is 0 Å². The van der Waals surface area contributed by atoms with Crippen molar-refractivity contribution in [3.63, 3.8) is 0 Å². The third kappa shape index (κ3) is 3.93. The highest BCUT2D eigenvalue weighted by Crippen LogP contribution is 2.19. The number of aromatic nitrogens is 3. The van der Waals surface area contributed by atoms with Gasteiger partial charge in [-0.2, -0.15) is 0 Å². The molecule has 0 radical (unpaired) electrons.